The van der Waals surface area contributed by atoms with Crippen molar-refractivity contribution in [2.75, 3.05) is 25.2 Å². The van der Waals surface area contributed by atoms with Crippen LogP contribution < -0.4 is 4.90 Å². The maximum Gasteiger partial charge on any atom is 0.417 e. The van der Waals surface area contributed by atoms with Crippen molar-refractivity contribution in [1.82, 2.24) is 9.80 Å². The van der Waals surface area contributed by atoms with E-state index in [0.29, 0.717) is 17.4 Å². The summed E-state index contributed by atoms with van der Waals surface area (Å²) in [4.78, 5) is 41.6. The summed E-state index contributed by atoms with van der Waals surface area (Å²) in [7, 11) is 1.37. The van der Waals surface area contributed by atoms with Crippen molar-refractivity contribution < 1.29 is 32.3 Å². The number of nitrogens with zero attached hydrogens (tertiary/aromatic N) is 4. The van der Waals surface area contributed by atoms with Crippen LogP contribution in [-0.2, 0) is 20.5 Å². The number of likely N-dealkylation sites (tertiary alicyclic amines) is 1. The fourth-order valence-corrected chi connectivity index (χ4v) is 4.39. The molecule has 3 aliphatic rings. The van der Waals surface area contributed by atoms with Gasteiger partial charge in [0.05, 0.1) is 35.0 Å². The second kappa shape index (κ2) is 6.45. The number of hydrogen-bond acceptors (Lipinski definition) is 5. The van der Waals surface area contributed by atoms with Gasteiger partial charge in [-0.3, -0.25) is 9.59 Å². The number of methoxy groups -OCH3 is 1. The molecule has 0 saturated carbocycles. The van der Waals surface area contributed by atoms with Crippen molar-refractivity contribution in [2.45, 2.75) is 30.7 Å². The zero-order valence-corrected chi connectivity index (χ0v) is 15.1. The van der Waals surface area contributed by atoms with Gasteiger partial charge in [0, 0.05) is 13.7 Å². The number of halogens is 3. The van der Waals surface area contributed by atoms with E-state index in [2.05, 4.69) is 0 Å². The van der Waals surface area contributed by atoms with Gasteiger partial charge in [-0.1, -0.05) is 0 Å². The summed E-state index contributed by atoms with van der Waals surface area (Å²) in [6, 6.07) is 1.59. The summed E-state index contributed by atoms with van der Waals surface area (Å²) >= 11 is 0. The first kappa shape index (κ1) is 19.2. The van der Waals surface area contributed by atoms with Gasteiger partial charge in [0.15, 0.2) is 0 Å². The fourth-order valence-electron chi connectivity index (χ4n) is 4.39. The van der Waals surface area contributed by atoms with Gasteiger partial charge in [0.1, 0.15) is 12.6 Å². The lowest BCUT2D eigenvalue weighted by atomic mass is 10.1. The summed E-state index contributed by atoms with van der Waals surface area (Å²) in [6.07, 6.45) is -4.38. The van der Waals surface area contributed by atoms with Crippen LogP contribution in [0.2, 0.25) is 0 Å². The molecule has 2 bridgehead atoms. The summed E-state index contributed by atoms with van der Waals surface area (Å²) in [5.74, 6) is -0.994. The second-order valence-corrected chi connectivity index (χ2v) is 7.08. The average molecular weight is 408 g/mol. The number of benzene rings is 1. The summed E-state index contributed by atoms with van der Waals surface area (Å²) < 4.78 is 44.6. The number of fused-ring (bicyclic) bond motifs is 5. The van der Waals surface area contributed by atoms with Gasteiger partial charge in [0.25, 0.3) is 5.91 Å². The van der Waals surface area contributed by atoms with Crippen LogP contribution in [0.3, 0.4) is 0 Å². The number of carbonyl (C=O) groups excluding carboxylic acids is 3. The van der Waals surface area contributed by atoms with Crippen molar-refractivity contribution in [3.8, 4) is 6.07 Å². The number of ether oxygens (including phenoxy) is 1. The highest BCUT2D eigenvalue weighted by Crippen LogP contribution is 2.43. The molecule has 0 radical (unpaired) electrons. The molecule has 0 aromatic heterocycles. The number of alkyl halides is 3. The molecule has 3 heterocycles. The van der Waals surface area contributed by atoms with Crippen molar-refractivity contribution in [3.05, 3.63) is 29.3 Å². The van der Waals surface area contributed by atoms with E-state index >= 15 is 0 Å². The molecule has 3 saturated heterocycles. The maximum atomic E-state index is 13.3. The van der Waals surface area contributed by atoms with E-state index in [1.165, 1.54) is 23.0 Å². The highest BCUT2D eigenvalue weighted by Gasteiger charge is 2.62. The largest absolute Gasteiger partial charge is 0.417 e. The van der Waals surface area contributed by atoms with Gasteiger partial charge >= 0.3 is 12.2 Å². The smallest absolute Gasteiger partial charge is 0.375 e. The van der Waals surface area contributed by atoms with Gasteiger partial charge in [-0.15, -0.1) is 0 Å². The molecule has 1 aromatic carbocycles. The summed E-state index contributed by atoms with van der Waals surface area (Å²) in [5, 5.41) is 8.92. The minimum absolute atomic E-state index is 0.160. The molecule has 3 fully saturated rings. The first-order chi connectivity index (χ1) is 13.7. The van der Waals surface area contributed by atoms with Crippen LogP contribution in [-0.4, -0.2) is 66.0 Å². The minimum atomic E-state index is -4.81. The number of carbonyl (C=O) groups is 3. The number of urea groups is 1. The highest BCUT2D eigenvalue weighted by molar-refractivity contribution is 6.22. The summed E-state index contributed by atoms with van der Waals surface area (Å²) in [6.45, 7) is 0.0871. The molecule has 29 heavy (non-hydrogen) atoms. The fraction of sp³-hybridized carbons (Fsp3) is 0.444. The third-order valence-electron chi connectivity index (χ3n) is 5.54. The summed E-state index contributed by atoms with van der Waals surface area (Å²) in [5.41, 5.74) is -2.07. The SMILES string of the molecule is COCC(=O)N1CC2CC1[C@@H]1C(=O)N(c3ccc(C#N)c(C(F)(F)F)c3)C(=O)N21. The van der Waals surface area contributed by atoms with E-state index in [9.17, 15) is 27.6 Å². The Hall–Kier alpha value is -3.13. The van der Waals surface area contributed by atoms with Crippen LogP contribution in [0, 0.1) is 11.3 Å². The van der Waals surface area contributed by atoms with E-state index in [1.54, 1.807) is 0 Å². The number of anilines is 1. The van der Waals surface area contributed by atoms with Crippen molar-refractivity contribution in [2.24, 2.45) is 0 Å². The Bertz CT molecular complexity index is 957. The van der Waals surface area contributed by atoms with Crippen molar-refractivity contribution >= 4 is 23.5 Å². The van der Waals surface area contributed by atoms with E-state index in [4.69, 9.17) is 10.00 Å². The predicted molar refractivity (Wildman–Crippen MR) is 90.5 cm³/mol. The third kappa shape index (κ3) is 2.74. The zero-order chi connectivity index (χ0) is 21.1. The van der Waals surface area contributed by atoms with Gasteiger partial charge in [-0.2, -0.15) is 18.4 Å². The van der Waals surface area contributed by atoms with Gasteiger partial charge in [-0.25, -0.2) is 9.69 Å². The normalized spacial score (nSPS) is 25.6. The topological polar surface area (TPSA) is 94.0 Å². The van der Waals surface area contributed by atoms with Crippen LogP contribution in [0.4, 0.5) is 23.7 Å². The third-order valence-corrected chi connectivity index (χ3v) is 5.54. The highest BCUT2D eigenvalue weighted by atomic mass is 19.4. The lowest BCUT2D eigenvalue weighted by Crippen LogP contribution is -2.55. The number of amides is 4. The van der Waals surface area contributed by atoms with E-state index in [1.807, 2.05) is 0 Å². The number of hydrogen-bond donors (Lipinski definition) is 0. The van der Waals surface area contributed by atoms with E-state index in [0.717, 1.165) is 12.1 Å². The van der Waals surface area contributed by atoms with Crippen LogP contribution in [0.15, 0.2) is 18.2 Å². The minimum Gasteiger partial charge on any atom is -0.375 e. The molecule has 1 aromatic rings. The Kier molecular flexibility index (Phi) is 4.27. The number of piperazine rings is 1. The first-order valence-corrected chi connectivity index (χ1v) is 8.75. The lowest BCUT2D eigenvalue weighted by Gasteiger charge is -2.34. The molecular formula is C18H15F3N4O4. The van der Waals surface area contributed by atoms with E-state index in [-0.39, 0.29) is 30.8 Å². The molecule has 2 unspecified atom stereocenters. The second-order valence-electron chi connectivity index (χ2n) is 7.08. The average Bonchev–Trinajstić information content (AvgIpc) is 3.32. The Morgan fingerprint density at radius 2 is 2.07 bits per heavy atom. The van der Waals surface area contributed by atoms with Gasteiger partial charge in [0.2, 0.25) is 5.91 Å². The lowest BCUT2D eigenvalue weighted by molar-refractivity contribution is -0.139. The van der Waals surface area contributed by atoms with Crippen LogP contribution in [0.1, 0.15) is 17.5 Å². The van der Waals surface area contributed by atoms with Crippen molar-refractivity contribution in [1.29, 1.82) is 5.26 Å². The molecule has 3 atom stereocenters. The number of rotatable bonds is 3. The van der Waals surface area contributed by atoms with Crippen molar-refractivity contribution in [3.63, 3.8) is 0 Å². The zero-order valence-electron chi connectivity index (χ0n) is 15.1. The predicted octanol–water partition coefficient (Wildman–Crippen LogP) is 1.34. The molecule has 4 amide bonds. The Morgan fingerprint density at radius 3 is 2.69 bits per heavy atom. The van der Waals surface area contributed by atoms with Gasteiger partial charge < -0.3 is 14.5 Å². The van der Waals surface area contributed by atoms with E-state index < -0.39 is 41.3 Å². The molecule has 0 N–H and O–H groups in total. The molecule has 11 heteroatoms. The van der Waals surface area contributed by atoms with Crippen LogP contribution in [0.25, 0.3) is 0 Å². The first-order valence-electron chi connectivity index (χ1n) is 8.75. The molecular weight excluding hydrogens is 393 g/mol. The molecule has 152 valence electrons. The van der Waals surface area contributed by atoms with Crippen LogP contribution in [0.5, 0.6) is 0 Å². The van der Waals surface area contributed by atoms with Gasteiger partial charge in [-0.05, 0) is 24.6 Å². The molecule has 0 aliphatic carbocycles. The number of imide groups is 1. The Labute approximate surface area is 163 Å². The standard InChI is InChI=1S/C18H15F3N4O4/c1-29-8-14(26)23-7-11-5-13(23)15-16(27)25(17(28)24(11)15)10-3-2-9(6-22)12(4-10)18(19,20)21/h2-4,11,13,15H,5,7-8H2,1H3/t11?,13?,15-/m1/s1. The molecule has 0 spiro atoms. The Balaban J connectivity index is 1.68. The number of nitriles is 1. The molecule has 3 aliphatic heterocycles. The molecule has 8 nitrogen and oxygen atoms in total. The van der Waals surface area contributed by atoms with Crippen LogP contribution >= 0.6 is 0 Å². The monoisotopic (exact) mass is 408 g/mol. The quantitative estimate of drug-likeness (QED) is 0.704. The Morgan fingerprint density at radius 1 is 1.34 bits per heavy atom. The molecule has 4 rings (SSSR count). The maximum absolute atomic E-state index is 13.3.